The molecule has 122 valence electrons. The first-order valence-corrected chi connectivity index (χ1v) is 7.53. The van der Waals surface area contributed by atoms with Gasteiger partial charge in [0.2, 0.25) is 0 Å². The van der Waals surface area contributed by atoms with Gasteiger partial charge in [0.15, 0.2) is 0 Å². The summed E-state index contributed by atoms with van der Waals surface area (Å²) in [6.07, 6.45) is 8.41. The number of pyridine rings is 2. The number of aliphatic hydroxyl groups is 1. The topological polar surface area (TPSA) is 92.9 Å². The van der Waals surface area contributed by atoms with Gasteiger partial charge in [0.25, 0.3) is 5.91 Å². The molecular weight excluding hydrogens is 306 g/mol. The van der Waals surface area contributed by atoms with E-state index < -0.39 is 0 Å². The maximum atomic E-state index is 12.1. The van der Waals surface area contributed by atoms with Crippen LogP contribution in [0.15, 0.2) is 55.2 Å². The Hall–Kier alpha value is -3.06. The molecule has 1 amide bonds. The molecule has 0 aliphatic rings. The SMILES string of the molecule is O=C(NCc1ccncc1)c1ccc(-c2cnn(CCO)c2)nc1. The minimum absolute atomic E-state index is 0.0329. The zero-order chi connectivity index (χ0) is 16.8. The Labute approximate surface area is 139 Å². The lowest BCUT2D eigenvalue weighted by atomic mass is 10.2. The molecule has 7 heteroatoms. The molecule has 0 atom stereocenters. The van der Waals surface area contributed by atoms with Crippen LogP contribution in [0.3, 0.4) is 0 Å². The van der Waals surface area contributed by atoms with E-state index in [4.69, 9.17) is 5.11 Å². The fourth-order valence-corrected chi connectivity index (χ4v) is 2.20. The van der Waals surface area contributed by atoms with E-state index in [2.05, 4.69) is 20.4 Å². The van der Waals surface area contributed by atoms with Crippen LogP contribution in [0, 0.1) is 0 Å². The van der Waals surface area contributed by atoms with Crippen LogP contribution in [-0.4, -0.2) is 37.4 Å². The maximum Gasteiger partial charge on any atom is 0.253 e. The molecular formula is C17H17N5O2. The summed E-state index contributed by atoms with van der Waals surface area (Å²) in [6.45, 7) is 0.914. The second kappa shape index (κ2) is 7.47. The Balaban J connectivity index is 1.64. The molecule has 3 rings (SSSR count). The molecule has 0 unspecified atom stereocenters. The van der Waals surface area contributed by atoms with Crippen molar-refractivity contribution in [3.05, 3.63) is 66.4 Å². The Bertz CT molecular complexity index is 799. The molecule has 2 N–H and O–H groups in total. The van der Waals surface area contributed by atoms with Gasteiger partial charge in [0.1, 0.15) is 0 Å². The third-order valence-corrected chi connectivity index (χ3v) is 3.49. The molecule has 3 heterocycles. The van der Waals surface area contributed by atoms with E-state index in [0.29, 0.717) is 18.7 Å². The summed E-state index contributed by atoms with van der Waals surface area (Å²) in [4.78, 5) is 20.4. The van der Waals surface area contributed by atoms with E-state index in [0.717, 1.165) is 16.8 Å². The highest BCUT2D eigenvalue weighted by molar-refractivity contribution is 5.94. The Morgan fingerprint density at radius 3 is 2.71 bits per heavy atom. The van der Waals surface area contributed by atoms with Crippen molar-refractivity contribution in [2.75, 3.05) is 6.61 Å². The van der Waals surface area contributed by atoms with Gasteiger partial charge in [-0.2, -0.15) is 5.10 Å². The minimum Gasteiger partial charge on any atom is -0.394 e. The highest BCUT2D eigenvalue weighted by Crippen LogP contribution is 2.16. The molecule has 24 heavy (non-hydrogen) atoms. The molecule has 0 fully saturated rings. The molecule has 0 spiro atoms. The number of nitrogens with zero attached hydrogens (tertiary/aromatic N) is 4. The zero-order valence-electron chi connectivity index (χ0n) is 13.0. The van der Waals surface area contributed by atoms with Crippen molar-refractivity contribution < 1.29 is 9.90 Å². The summed E-state index contributed by atoms with van der Waals surface area (Å²) < 4.78 is 1.65. The van der Waals surface area contributed by atoms with Crippen molar-refractivity contribution >= 4 is 5.91 Å². The van der Waals surface area contributed by atoms with Crippen molar-refractivity contribution in [1.29, 1.82) is 0 Å². The molecule has 0 saturated carbocycles. The molecule has 3 aromatic rings. The zero-order valence-corrected chi connectivity index (χ0v) is 13.0. The minimum atomic E-state index is -0.179. The number of carbonyl (C=O) groups excluding carboxylic acids is 1. The highest BCUT2D eigenvalue weighted by Gasteiger charge is 2.08. The number of carbonyl (C=O) groups is 1. The number of rotatable bonds is 6. The molecule has 0 aliphatic heterocycles. The summed E-state index contributed by atoms with van der Waals surface area (Å²) in [5.41, 5.74) is 3.05. The number of hydrogen-bond donors (Lipinski definition) is 2. The number of nitrogens with one attached hydrogen (secondary N) is 1. The van der Waals surface area contributed by atoms with Gasteiger partial charge in [-0.05, 0) is 29.8 Å². The Morgan fingerprint density at radius 2 is 2.00 bits per heavy atom. The third kappa shape index (κ3) is 3.82. The average Bonchev–Trinajstić information content (AvgIpc) is 3.10. The van der Waals surface area contributed by atoms with E-state index in [9.17, 15) is 4.79 Å². The van der Waals surface area contributed by atoms with Crippen molar-refractivity contribution in [1.82, 2.24) is 25.1 Å². The number of aliphatic hydroxyl groups excluding tert-OH is 1. The van der Waals surface area contributed by atoms with Gasteiger partial charge >= 0.3 is 0 Å². The maximum absolute atomic E-state index is 12.1. The van der Waals surface area contributed by atoms with Crippen LogP contribution in [0.1, 0.15) is 15.9 Å². The smallest absolute Gasteiger partial charge is 0.253 e. The van der Waals surface area contributed by atoms with Gasteiger partial charge in [0, 0.05) is 36.9 Å². The van der Waals surface area contributed by atoms with Gasteiger partial charge in [0.05, 0.1) is 30.6 Å². The van der Waals surface area contributed by atoms with Crippen molar-refractivity contribution in [3.63, 3.8) is 0 Å². The molecule has 0 radical (unpaired) electrons. The van der Waals surface area contributed by atoms with Crippen molar-refractivity contribution in [2.24, 2.45) is 0 Å². The first kappa shape index (κ1) is 15.8. The van der Waals surface area contributed by atoms with Gasteiger partial charge in [-0.3, -0.25) is 19.4 Å². The lowest BCUT2D eigenvalue weighted by Crippen LogP contribution is -2.22. The van der Waals surface area contributed by atoms with Crippen LogP contribution in [0.4, 0.5) is 0 Å². The van der Waals surface area contributed by atoms with E-state index in [1.165, 1.54) is 0 Å². The van der Waals surface area contributed by atoms with Gasteiger partial charge in [-0.25, -0.2) is 0 Å². The largest absolute Gasteiger partial charge is 0.394 e. The normalized spacial score (nSPS) is 10.5. The molecule has 0 saturated heterocycles. The quantitative estimate of drug-likeness (QED) is 0.712. The number of hydrogen-bond acceptors (Lipinski definition) is 5. The molecule has 3 aromatic heterocycles. The van der Waals surface area contributed by atoms with E-state index >= 15 is 0 Å². The Kier molecular flexibility index (Phi) is 4.93. The molecule has 7 nitrogen and oxygen atoms in total. The average molecular weight is 323 g/mol. The Morgan fingerprint density at radius 1 is 1.17 bits per heavy atom. The fraction of sp³-hybridized carbons (Fsp3) is 0.176. The first-order valence-electron chi connectivity index (χ1n) is 7.53. The standard InChI is InChI=1S/C17H17N5O2/c23-8-7-22-12-15(11-21-22)16-2-1-14(10-19-16)17(24)20-9-13-3-5-18-6-4-13/h1-6,10-12,23H,7-9H2,(H,20,24). The summed E-state index contributed by atoms with van der Waals surface area (Å²) in [7, 11) is 0. The number of amides is 1. The third-order valence-electron chi connectivity index (χ3n) is 3.49. The van der Waals surface area contributed by atoms with Gasteiger partial charge in [-0.15, -0.1) is 0 Å². The summed E-state index contributed by atoms with van der Waals surface area (Å²) in [5.74, 6) is -0.179. The van der Waals surface area contributed by atoms with Gasteiger partial charge in [-0.1, -0.05) is 0 Å². The first-order chi connectivity index (χ1) is 11.8. The van der Waals surface area contributed by atoms with Crippen LogP contribution >= 0.6 is 0 Å². The van der Waals surface area contributed by atoms with E-state index in [-0.39, 0.29) is 12.5 Å². The van der Waals surface area contributed by atoms with Crippen LogP contribution < -0.4 is 5.32 Å². The predicted octanol–water partition coefficient (Wildman–Crippen LogP) is 1.26. The monoisotopic (exact) mass is 323 g/mol. The number of aromatic nitrogens is 4. The fourth-order valence-electron chi connectivity index (χ4n) is 2.20. The van der Waals surface area contributed by atoms with Crippen LogP contribution in [0.25, 0.3) is 11.3 Å². The molecule has 0 aliphatic carbocycles. The summed E-state index contributed by atoms with van der Waals surface area (Å²) in [6, 6.07) is 7.21. The summed E-state index contributed by atoms with van der Waals surface area (Å²) >= 11 is 0. The second-order valence-electron chi connectivity index (χ2n) is 5.19. The lowest BCUT2D eigenvalue weighted by molar-refractivity contribution is 0.0950. The lowest BCUT2D eigenvalue weighted by Gasteiger charge is -2.05. The highest BCUT2D eigenvalue weighted by atomic mass is 16.3. The second-order valence-corrected chi connectivity index (χ2v) is 5.19. The van der Waals surface area contributed by atoms with Gasteiger partial charge < -0.3 is 10.4 Å². The summed E-state index contributed by atoms with van der Waals surface area (Å²) in [5, 5.41) is 15.9. The van der Waals surface area contributed by atoms with E-state index in [1.54, 1.807) is 41.6 Å². The van der Waals surface area contributed by atoms with Crippen LogP contribution in [0.5, 0.6) is 0 Å². The molecule has 0 aromatic carbocycles. The van der Waals surface area contributed by atoms with Crippen molar-refractivity contribution in [2.45, 2.75) is 13.1 Å². The van der Waals surface area contributed by atoms with Crippen LogP contribution in [-0.2, 0) is 13.1 Å². The van der Waals surface area contributed by atoms with Crippen molar-refractivity contribution in [3.8, 4) is 11.3 Å². The van der Waals surface area contributed by atoms with Crippen LogP contribution in [0.2, 0.25) is 0 Å². The van der Waals surface area contributed by atoms with E-state index in [1.807, 2.05) is 18.3 Å². The predicted molar refractivity (Wildman–Crippen MR) is 88.0 cm³/mol. The molecule has 0 bridgehead atoms.